The Morgan fingerprint density at radius 2 is 1.72 bits per heavy atom. The first kappa shape index (κ1) is 20.3. The first-order valence-corrected chi connectivity index (χ1v) is 11.3. The van der Waals surface area contributed by atoms with Gasteiger partial charge >= 0.3 is 0 Å². The molecular weight excluding hydrogens is 416 g/mol. The van der Waals surface area contributed by atoms with Gasteiger partial charge in [0.1, 0.15) is 27.2 Å². The molecule has 0 N–H and O–H groups in total. The number of benzene rings is 2. The molecule has 0 aliphatic rings. The summed E-state index contributed by atoms with van der Waals surface area (Å²) in [5.74, 6) is 0. The van der Waals surface area contributed by atoms with Gasteiger partial charge in [-0.2, -0.15) is 5.26 Å². The monoisotopic (exact) mass is 438 g/mol. The molecule has 0 bridgehead atoms. The van der Waals surface area contributed by atoms with Gasteiger partial charge in [-0.3, -0.25) is 4.98 Å². The Bertz CT molecular complexity index is 1550. The van der Waals surface area contributed by atoms with Crippen LogP contribution in [-0.2, 0) is 5.41 Å². The molecule has 5 rings (SSSR count). The number of fused-ring (bicyclic) bond motifs is 3. The van der Waals surface area contributed by atoms with Gasteiger partial charge in [0.15, 0.2) is 5.58 Å². The number of hydrogen-bond donors (Lipinski definition) is 0. The van der Waals surface area contributed by atoms with Crippen LogP contribution in [0, 0.1) is 25.2 Å². The van der Waals surface area contributed by atoms with Crippen molar-refractivity contribution in [2.24, 2.45) is 0 Å². The maximum atomic E-state index is 10.1. The van der Waals surface area contributed by atoms with Crippen LogP contribution in [0.1, 0.15) is 42.5 Å². The lowest BCUT2D eigenvalue weighted by Crippen LogP contribution is -2.10. The summed E-state index contributed by atoms with van der Waals surface area (Å²) in [6.07, 6.45) is 1.88. The normalized spacial score (nSPS) is 11.9. The van der Waals surface area contributed by atoms with Crippen molar-refractivity contribution in [2.75, 3.05) is 0 Å². The second kappa shape index (κ2) is 7.25. The largest absolute Gasteiger partial charge is 0.454 e. The summed E-state index contributed by atoms with van der Waals surface area (Å²) in [4.78, 5) is 4.62. The zero-order valence-electron chi connectivity index (χ0n) is 18.6. The SMILES string of the molecule is Cc1cnc(-c2cccc3c2oc2c(C#N)c(-c4nnc(C(C)(C)C)s4)ccc23)cc1C. The Balaban J connectivity index is 1.75. The molecule has 5 aromatic rings. The van der Waals surface area contributed by atoms with E-state index in [1.807, 2.05) is 43.5 Å². The molecule has 158 valence electrons. The molecule has 0 fully saturated rings. The fourth-order valence-electron chi connectivity index (χ4n) is 3.76. The van der Waals surface area contributed by atoms with Crippen molar-refractivity contribution in [1.29, 1.82) is 5.26 Å². The number of hydrogen-bond acceptors (Lipinski definition) is 6. The maximum Gasteiger partial charge on any atom is 0.153 e. The lowest BCUT2D eigenvalue weighted by atomic mass is 9.98. The van der Waals surface area contributed by atoms with Gasteiger partial charge in [0.25, 0.3) is 0 Å². The van der Waals surface area contributed by atoms with Crippen LogP contribution in [0.3, 0.4) is 0 Å². The minimum absolute atomic E-state index is 0.0970. The molecule has 0 unspecified atom stereocenters. The molecule has 0 saturated heterocycles. The van der Waals surface area contributed by atoms with Crippen molar-refractivity contribution in [3.63, 3.8) is 0 Å². The van der Waals surface area contributed by atoms with E-state index >= 15 is 0 Å². The predicted molar refractivity (Wildman–Crippen MR) is 129 cm³/mol. The highest BCUT2D eigenvalue weighted by atomic mass is 32.1. The first-order valence-electron chi connectivity index (χ1n) is 10.4. The number of pyridine rings is 1. The van der Waals surface area contributed by atoms with E-state index in [0.29, 0.717) is 11.1 Å². The third-order valence-corrected chi connectivity index (χ3v) is 7.11. The summed E-state index contributed by atoms with van der Waals surface area (Å²) in [7, 11) is 0. The van der Waals surface area contributed by atoms with Crippen molar-refractivity contribution in [3.05, 3.63) is 64.3 Å². The molecule has 5 nitrogen and oxygen atoms in total. The van der Waals surface area contributed by atoms with E-state index in [1.165, 1.54) is 16.9 Å². The number of nitriles is 1. The molecule has 0 saturated carbocycles. The fraction of sp³-hybridized carbons (Fsp3) is 0.231. The minimum Gasteiger partial charge on any atom is -0.454 e. The summed E-state index contributed by atoms with van der Waals surface area (Å²) in [6, 6.07) is 14.4. The highest BCUT2D eigenvalue weighted by Gasteiger charge is 2.23. The lowest BCUT2D eigenvalue weighted by Gasteiger charge is -2.12. The third kappa shape index (κ3) is 3.17. The van der Waals surface area contributed by atoms with Gasteiger partial charge in [0, 0.05) is 33.5 Å². The van der Waals surface area contributed by atoms with Crippen LogP contribution in [0.15, 0.2) is 47.0 Å². The van der Waals surface area contributed by atoms with Crippen LogP contribution < -0.4 is 0 Å². The van der Waals surface area contributed by atoms with Crippen LogP contribution in [0.2, 0.25) is 0 Å². The average Bonchev–Trinajstić information content (AvgIpc) is 3.40. The highest BCUT2D eigenvalue weighted by Crippen LogP contribution is 2.40. The van der Waals surface area contributed by atoms with Crippen LogP contribution >= 0.6 is 11.3 Å². The molecule has 0 atom stereocenters. The Labute approximate surface area is 190 Å². The van der Waals surface area contributed by atoms with Gasteiger partial charge in [0.05, 0.1) is 5.69 Å². The molecule has 0 amide bonds. The smallest absolute Gasteiger partial charge is 0.153 e. The number of aryl methyl sites for hydroxylation is 2. The van der Waals surface area contributed by atoms with E-state index in [4.69, 9.17) is 4.42 Å². The zero-order valence-corrected chi connectivity index (χ0v) is 19.5. The van der Waals surface area contributed by atoms with Crippen LogP contribution in [0.4, 0.5) is 0 Å². The zero-order chi connectivity index (χ0) is 22.6. The number of nitrogens with zero attached hydrogens (tertiary/aromatic N) is 4. The third-order valence-electron chi connectivity index (χ3n) is 5.72. The quantitative estimate of drug-likeness (QED) is 0.298. The topological polar surface area (TPSA) is 75.6 Å². The number of furan rings is 1. The molecule has 2 aromatic carbocycles. The molecule has 6 heteroatoms. The van der Waals surface area contributed by atoms with Crippen molar-refractivity contribution in [1.82, 2.24) is 15.2 Å². The van der Waals surface area contributed by atoms with E-state index in [9.17, 15) is 5.26 Å². The summed E-state index contributed by atoms with van der Waals surface area (Å²) >= 11 is 1.52. The second-order valence-electron chi connectivity index (χ2n) is 9.08. The van der Waals surface area contributed by atoms with Crippen molar-refractivity contribution >= 4 is 33.3 Å². The molecule has 3 aromatic heterocycles. The van der Waals surface area contributed by atoms with Gasteiger partial charge in [-0.15, -0.1) is 10.2 Å². The molecule has 0 spiro atoms. The highest BCUT2D eigenvalue weighted by molar-refractivity contribution is 7.14. The summed E-state index contributed by atoms with van der Waals surface area (Å²) in [5.41, 5.74) is 6.53. The molecule has 0 aliphatic carbocycles. The van der Waals surface area contributed by atoms with E-state index in [2.05, 4.69) is 55.0 Å². The molecule has 32 heavy (non-hydrogen) atoms. The van der Waals surface area contributed by atoms with E-state index in [-0.39, 0.29) is 5.41 Å². The molecule has 0 radical (unpaired) electrons. The van der Waals surface area contributed by atoms with Crippen molar-refractivity contribution < 1.29 is 4.42 Å². The van der Waals surface area contributed by atoms with Gasteiger partial charge in [-0.05, 0) is 49.2 Å². The summed E-state index contributed by atoms with van der Waals surface area (Å²) in [6.45, 7) is 10.4. The Hall–Kier alpha value is -3.56. The van der Waals surface area contributed by atoms with Crippen LogP contribution in [-0.4, -0.2) is 15.2 Å². The Morgan fingerprint density at radius 3 is 2.41 bits per heavy atom. The average molecular weight is 439 g/mol. The molecule has 3 heterocycles. The number of rotatable bonds is 2. The predicted octanol–water partition coefficient (Wildman–Crippen LogP) is 6.95. The van der Waals surface area contributed by atoms with Gasteiger partial charge in [0.2, 0.25) is 0 Å². The van der Waals surface area contributed by atoms with Gasteiger partial charge < -0.3 is 4.42 Å². The summed E-state index contributed by atoms with van der Waals surface area (Å²) in [5, 5.41) is 22.3. The van der Waals surface area contributed by atoms with Gasteiger partial charge in [-0.25, -0.2) is 0 Å². The minimum atomic E-state index is -0.0970. The van der Waals surface area contributed by atoms with Crippen LogP contribution in [0.25, 0.3) is 43.8 Å². The number of aromatic nitrogens is 3. The van der Waals surface area contributed by atoms with Gasteiger partial charge in [-0.1, -0.05) is 44.2 Å². The maximum absolute atomic E-state index is 10.1. The second-order valence-corrected chi connectivity index (χ2v) is 10.1. The first-order chi connectivity index (χ1) is 15.3. The molecule has 0 aliphatic heterocycles. The van der Waals surface area contributed by atoms with Crippen molar-refractivity contribution in [3.8, 4) is 27.9 Å². The van der Waals surface area contributed by atoms with E-state index < -0.39 is 0 Å². The summed E-state index contributed by atoms with van der Waals surface area (Å²) < 4.78 is 6.36. The standard InChI is InChI=1S/C26H22N4OS/c1-14-11-21(28-13-15(14)2)19-8-6-7-16-17-9-10-18(20(12-27)23(17)31-22(16)19)24-29-30-25(32-24)26(3,4)5/h6-11,13H,1-5H3. The van der Waals surface area contributed by atoms with E-state index in [0.717, 1.165) is 48.8 Å². The van der Waals surface area contributed by atoms with Crippen molar-refractivity contribution in [2.45, 2.75) is 40.0 Å². The number of para-hydroxylation sites is 1. The fourth-order valence-corrected chi connectivity index (χ4v) is 4.69. The van der Waals surface area contributed by atoms with Crippen LogP contribution in [0.5, 0.6) is 0 Å². The Kier molecular flexibility index (Phi) is 4.61. The molecular formula is C26H22N4OS. The Morgan fingerprint density at radius 1 is 0.938 bits per heavy atom. The lowest BCUT2D eigenvalue weighted by molar-refractivity contribution is 0.578. The van der Waals surface area contributed by atoms with E-state index in [1.54, 1.807) is 0 Å².